The Hall–Kier alpha value is -1.32. The zero-order valence-corrected chi connectivity index (χ0v) is 20.8. The Morgan fingerprint density at radius 1 is 0.581 bits per heavy atom. The summed E-state index contributed by atoms with van der Waals surface area (Å²) in [5.41, 5.74) is 10.6. The molecule has 0 aromatic carbocycles. The van der Waals surface area contributed by atoms with E-state index in [0.29, 0.717) is 18.4 Å². The number of carbonyl (C=O) groups excluding carboxylic acids is 2. The van der Waals surface area contributed by atoms with Crippen molar-refractivity contribution < 1.29 is 9.59 Å². The maximum atomic E-state index is 12.3. The molecule has 4 N–H and O–H groups in total. The quantitative estimate of drug-likeness (QED) is 0.0996. The van der Waals surface area contributed by atoms with Crippen LogP contribution in [0.3, 0.4) is 0 Å². The Balaban J connectivity index is 4.27. The molecule has 4 heteroatoms. The smallest absolute Gasteiger partial charge is 0.237 e. The molecule has 0 aromatic rings. The summed E-state index contributed by atoms with van der Waals surface area (Å²) in [6.45, 7) is 8.56. The van der Waals surface area contributed by atoms with Crippen LogP contribution in [0.15, 0.2) is 12.2 Å². The lowest BCUT2D eigenvalue weighted by atomic mass is 9.73. The zero-order chi connectivity index (χ0) is 23.4. The number of nitrogens with two attached hydrogens (primary N) is 2. The van der Waals surface area contributed by atoms with Gasteiger partial charge in [-0.1, -0.05) is 135 Å². The molecule has 0 aliphatic rings. The highest BCUT2D eigenvalue weighted by Gasteiger charge is 2.44. The molecule has 0 bridgehead atoms. The second-order valence-electron chi connectivity index (χ2n) is 9.39. The van der Waals surface area contributed by atoms with Gasteiger partial charge in [0.15, 0.2) is 0 Å². The number of rotatable bonds is 23. The summed E-state index contributed by atoms with van der Waals surface area (Å²) < 4.78 is 0. The van der Waals surface area contributed by atoms with Gasteiger partial charge in [-0.2, -0.15) is 0 Å². The molecule has 0 atom stereocenters. The van der Waals surface area contributed by atoms with Crippen molar-refractivity contribution in [1.82, 2.24) is 0 Å². The number of primary amides is 2. The van der Waals surface area contributed by atoms with Gasteiger partial charge in [-0.25, -0.2) is 0 Å². The van der Waals surface area contributed by atoms with E-state index in [2.05, 4.69) is 20.4 Å². The molecule has 0 fully saturated rings. The summed E-state index contributed by atoms with van der Waals surface area (Å²) >= 11 is 0. The van der Waals surface area contributed by atoms with E-state index in [1.54, 1.807) is 0 Å². The molecule has 2 amide bonds. The molecule has 31 heavy (non-hydrogen) atoms. The second-order valence-corrected chi connectivity index (χ2v) is 9.39. The Labute approximate surface area is 193 Å². The van der Waals surface area contributed by atoms with Crippen molar-refractivity contribution in [1.29, 1.82) is 0 Å². The lowest BCUT2D eigenvalue weighted by Crippen LogP contribution is -2.49. The third kappa shape index (κ3) is 13.0. The molecule has 4 nitrogen and oxygen atoms in total. The van der Waals surface area contributed by atoms with Gasteiger partial charge in [0.05, 0.1) is 0 Å². The van der Waals surface area contributed by atoms with Gasteiger partial charge in [-0.3, -0.25) is 9.59 Å². The minimum atomic E-state index is -1.37. The van der Waals surface area contributed by atoms with Crippen LogP contribution in [0.1, 0.15) is 142 Å². The normalized spacial score (nSPS) is 11.5. The van der Waals surface area contributed by atoms with Crippen molar-refractivity contribution in [2.24, 2.45) is 16.9 Å². The number of hydrogen-bond donors (Lipinski definition) is 2. The van der Waals surface area contributed by atoms with E-state index < -0.39 is 17.2 Å². The van der Waals surface area contributed by atoms with Crippen LogP contribution in [0.25, 0.3) is 0 Å². The topological polar surface area (TPSA) is 86.2 Å². The van der Waals surface area contributed by atoms with Crippen LogP contribution in [-0.2, 0) is 9.59 Å². The summed E-state index contributed by atoms with van der Waals surface area (Å²) in [4.78, 5) is 24.6. The summed E-state index contributed by atoms with van der Waals surface area (Å²) in [6, 6.07) is 0. The van der Waals surface area contributed by atoms with Gasteiger partial charge in [0, 0.05) is 0 Å². The molecule has 182 valence electrons. The van der Waals surface area contributed by atoms with Gasteiger partial charge in [0.25, 0.3) is 0 Å². The van der Waals surface area contributed by atoms with Crippen LogP contribution in [-0.4, -0.2) is 11.8 Å². The standard InChI is InChI=1S/C27H52N2O2/c1-4-6-8-10-12-14-16-18-20-22-24(3)27(25(28)30,26(29)31)23-21-19-17-15-13-11-9-7-5-2/h3-23H2,1-2H3,(H2,28,30)(H2,29,31). The molecule has 0 saturated carbocycles. The van der Waals surface area contributed by atoms with Crippen molar-refractivity contribution in [3.63, 3.8) is 0 Å². The lowest BCUT2D eigenvalue weighted by Gasteiger charge is -2.29. The zero-order valence-electron chi connectivity index (χ0n) is 20.8. The molecular weight excluding hydrogens is 384 g/mol. The van der Waals surface area contributed by atoms with Gasteiger partial charge in [-0.15, -0.1) is 0 Å². The minimum absolute atomic E-state index is 0.407. The third-order valence-corrected chi connectivity index (χ3v) is 6.68. The van der Waals surface area contributed by atoms with Crippen molar-refractivity contribution in [2.75, 3.05) is 0 Å². The average Bonchev–Trinajstić information content (AvgIpc) is 2.73. The molecule has 0 spiro atoms. The Morgan fingerprint density at radius 3 is 1.26 bits per heavy atom. The molecule has 0 aliphatic carbocycles. The molecule has 0 radical (unpaired) electrons. The fourth-order valence-corrected chi connectivity index (χ4v) is 4.46. The highest BCUT2D eigenvalue weighted by atomic mass is 16.2. The van der Waals surface area contributed by atoms with E-state index in [9.17, 15) is 9.59 Å². The minimum Gasteiger partial charge on any atom is -0.368 e. The third-order valence-electron chi connectivity index (χ3n) is 6.68. The van der Waals surface area contributed by atoms with Crippen LogP contribution in [0.4, 0.5) is 0 Å². The summed E-state index contributed by atoms with van der Waals surface area (Å²) in [5.74, 6) is -1.25. The number of unbranched alkanes of at least 4 members (excludes halogenated alkanes) is 16. The molecule has 0 unspecified atom stereocenters. The van der Waals surface area contributed by atoms with Crippen LogP contribution in [0.2, 0.25) is 0 Å². The van der Waals surface area contributed by atoms with Crippen molar-refractivity contribution in [3.8, 4) is 0 Å². The second kappa shape index (κ2) is 19.4. The van der Waals surface area contributed by atoms with Crippen LogP contribution < -0.4 is 11.5 Å². The average molecular weight is 437 g/mol. The lowest BCUT2D eigenvalue weighted by molar-refractivity contribution is -0.137. The fraction of sp³-hybridized carbons (Fsp3) is 0.852. The van der Waals surface area contributed by atoms with E-state index in [0.717, 1.165) is 32.1 Å². The predicted molar refractivity (Wildman–Crippen MR) is 134 cm³/mol. The van der Waals surface area contributed by atoms with Crippen molar-refractivity contribution in [3.05, 3.63) is 12.2 Å². The summed E-state index contributed by atoms with van der Waals surface area (Å²) in [5, 5.41) is 0. The van der Waals surface area contributed by atoms with Crippen molar-refractivity contribution in [2.45, 2.75) is 142 Å². The van der Waals surface area contributed by atoms with Crippen LogP contribution in [0.5, 0.6) is 0 Å². The van der Waals surface area contributed by atoms with Gasteiger partial charge in [-0.05, 0) is 19.3 Å². The molecule has 0 rings (SSSR count). The van der Waals surface area contributed by atoms with E-state index in [4.69, 9.17) is 11.5 Å². The molecule has 0 aliphatic heterocycles. The first-order valence-corrected chi connectivity index (χ1v) is 13.2. The number of amides is 2. The van der Waals surface area contributed by atoms with E-state index in [1.807, 2.05) is 0 Å². The largest absolute Gasteiger partial charge is 0.368 e. The Kier molecular flexibility index (Phi) is 18.5. The van der Waals surface area contributed by atoms with Gasteiger partial charge in [0.1, 0.15) is 5.41 Å². The Bertz CT molecular complexity index is 474. The molecule has 0 heterocycles. The highest BCUT2D eigenvalue weighted by molar-refractivity contribution is 6.06. The summed E-state index contributed by atoms with van der Waals surface area (Å²) in [6.07, 6.45) is 22.7. The Morgan fingerprint density at radius 2 is 0.903 bits per heavy atom. The molecular formula is C27H52N2O2. The fourth-order valence-electron chi connectivity index (χ4n) is 4.46. The molecule has 0 aromatic heterocycles. The first kappa shape index (κ1) is 29.7. The number of hydrogen-bond acceptors (Lipinski definition) is 2. The van der Waals surface area contributed by atoms with Gasteiger partial charge < -0.3 is 11.5 Å². The predicted octanol–water partition coefficient (Wildman–Crippen LogP) is 7.34. The van der Waals surface area contributed by atoms with Gasteiger partial charge in [0.2, 0.25) is 11.8 Å². The molecule has 0 saturated heterocycles. The van der Waals surface area contributed by atoms with Crippen LogP contribution in [0, 0.1) is 5.41 Å². The summed E-state index contributed by atoms with van der Waals surface area (Å²) in [7, 11) is 0. The first-order chi connectivity index (χ1) is 14.9. The highest BCUT2D eigenvalue weighted by Crippen LogP contribution is 2.35. The number of carbonyl (C=O) groups is 2. The van der Waals surface area contributed by atoms with Gasteiger partial charge >= 0.3 is 0 Å². The monoisotopic (exact) mass is 436 g/mol. The first-order valence-electron chi connectivity index (χ1n) is 13.2. The van der Waals surface area contributed by atoms with E-state index >= 15 is 0 Å². The van der Waals surface area contributed by atoms with Crippen LogP contribution >= 0.6 is 0 Å². The van der Waals surface area contributed by atoms with E-state index in [1.165, 1.54) is 83.5 Å². The maximum absolute atomic E-state index is 12.3. The van der Waals surface area contributed by atoms with Crippen molar-refractivity contribution >= 4 is 11.8 Å². The SMILES string of the molecule is C=C(CCCCCCCCCCC)C(CCCCCCCCCCC)(C(N)=O)C(N)=O. The maximum Gasteiger partial charge on any atom is 0.237 e. The van der Waals surface area contributed by atoms with E-state index in [-0.39, 0.29) is 0 Å².